The quantitative estimate of drug-likeness (QED) is 0.764. The van der Waals surface area contributed by atoms with Crippen molar-refractivity contribution in [2.45, 2.75) is 13.1 Å². The van der Waals surface area contributed by atoms with E-state index in [1.165, 1.54) is 17.9 Å². The normalized spacial score (nSPS) is 10.8. The van der Waals surface area contributed by atoms with Gasteiger partial charge in [0.2, 0.25) is 5.91 Å². The van der Waals surface area contributed by atoms with Crippen molar-refractivity contribution in [2.75, 3.05) is 0 Å². The molecule has 0 spiro atoms. The summed E-state index contributed by atoms with van der Waals surface area (Å²) in [6.45, 7) is 0.0679. The summed E-state index contributed by atoms with van der Waals surface area (Å²) in [5, 5.41) is 3.08. The Labute approximate surface area is 130 Å². The first-order valence-corrected chi connectivity index (χ1v) is 7.05. The third kappa shape index (κ3) is 2.80. The summed E-state index contributed by atoms with van der Waals surface area (Å²) in [6.07, 6.45) is 1.52. The van der Waals surface area contributed by atoms with Crippen LogP contribution in [0.25, 0.3) is 10.9 Å². The standard InChI is InChI=1S/C16H15N3O4/c1-18-15(21)12-6-2-3-7-13(12)19(16(18)22)10-14(20)17-9-11-5-4-8-23-11/h2-8H,9-10H2,1H3,(H,17,20). The second kappa shape index (κ2) is 5.96. The maximum atomic E-state index is 12.3. The van der Waals surface area contributed by atoms with Crippen molar-refractivity contribution >= 4 is 16.8 Å². The Hall–Kier alpha value is -3.09. The zero-order valence-electron chi connectivity index (χ0n) is 12.5. The van der Waals surface area contributed by atoms with Gasteiger partial charge in [0.05, 0.1) is 23.7 Å². The minimum atomic E-state index is -0.526. The Morgan fingerprint density at radius 2 is 1.96 bits per heavy atom. The molecule has 118 valence electrons. The van der Waals surface area contributed by atoms with Crippen LogP contribution in [0, 0.1) is 0 Å². The lowest BCUT2D eigenvalue weighted by atomic mass is 10.2. The van der Waals surface area contributed by atoms with Gasteiger partial charge in [0.25, 0.3) is 5.56 Å². The van der Waals surface area contributed by atoms with E-state index in [4.69, 9.17) is 4.42 Å². The molecule has 0 radical (unpaired) electrons. The first-order chi connectivity index (χ1) is 11.1. The van der Waals surface area contributed by atoms with E-state index >= 15 is 0 Å². The average molecular weight is 313 g/mol. The number of benzene rings is 1. The van der Waals surface area contributed by atoms with Crippen molar-refractivity contribution < 1.29 is 9.21 Å². The lowest BCUT2D eigenvalue weighted by Crippen LogP contribution is -2.41. The zero-order valence-corrected chi connectivity index (χ0v) is 12.5. The summed E-state index contributed by atoms with van der Waals surface area (Å²) in [5.74, 6) is 0.281. The van der Waals surface area contributed by atoms with Crippen molar-refractivity contribution in [1.82, 2.24) is 14.5 Å². The van der Waals surface area contributed by atoms with Gasteiger partial charge in [-0.1, -0.05) is 12.1 Å². The fourth-order valence-electron chi connectivity index (χ4n) is 2.39. The van der Waals surface area contributed by atoms with E-state index in [2.05, 4.69) is 5.32 Å². The molecule has 0 saturated carbocycles. The maximum absolute atomic E-state index is 12.3. The molecule has 2 heterocycles. The van der Waals surface area contributed by atoms with Gasteiger partial charge in [-0.3, -0.25) is 18.7 Å². The molecule has 0 atom stereocenters. The van der Waals surface area contributed by atoms with Crippen LogP contribution in [0.4, 0.5) is 0 Å². The van der Waals surface area contributed by atoms with Crippen LogP contribution in [0.5, 0.6) is 0 Å². The SMILES string of the molecule is Cn1c(=O)c2ccccc2n(CC(=O)NCc2ccco2)c1=O. The van der Waals surface area contributed by atoms with Gasteiger partial charge < -0.3 is 9.73 Å². The third-order valence-electron chi connectivity index (χ3n) is 3.59. The highest BCUT2D eigenvalue weighted by Crippen LogP contribution is 2.07. The van der Waals surface area contributed by atoms with E-state index < -0.39 is 5.69 Å². The van der Waals surface area contributed by atoms with Gasteiger partial charge in [-0.15, -0.1) is 0 Å². The maximum Gasteiger partial charge on any atom is 0.331 e. The molecule has 2 aromatic heterocycles. The van der Waals surface area contributed by atoms with Crippen LogP contribution in [0.2, 0.25) is 0 Å². The number of carbonyl (C=O) groups excluding carboxylic acids is 1. The summed E-state index contributed by atoms with van der Waals surface area (Å²) >= 11 is 0. The number of amides is 1. The van der Waals surface area contributed by atoms with Crippen molar-refractivity contribution in [1.29, 1.82) is 0 Å². The summed E-state index contributed by atoms with van der Waals surface area (Å²) in [4.78, 5) is 36.5. The van der Waals surface area contributed by atoms with Crippen LogP contribution in [0.1, 0.15) is 5.76 Å². The third-order valence-corrected chi connectivity index (χ3v) is 3.59. The van der Waals surface area contributed by atoms with E-state index in [1.54, 1.807) is 36.4 Å². The number of hydrogen-bond donors (Lipinski definition) is 1. The first kappa shape index (κ1) is 14.8. The molecule has 23 heavy (non-hydrogen) atoms. The van der Waals surface area contributed by atoms with E-state index in [9.17, 15) is 14.4 Å². The number of nitrogens with one attached hydrogen (secondary N) is 1. The van der Waals surface area contributed by atoms with Gasteiger partial charge in [-0.25, -0.2) is 4.79 Å². The van der Waals surface area contributed by atoms with Crippen molar-refractivity contribution in [3.05, 3.63) is 69.3 Å². The highest BCUT2D eigenvalue weighted by Gasteiger charge is 2.13. The van der Waals surface area contributed by atoms with E-state index in [0.29, 0.717) is 16.7 Å². The van der Waals surface area contributed by atoms with Crippen LogP contribution in [0.3, 0.4) is 0 Å². The molecule has 7 heteroatoms. The molecule has 1 N–H and O–H groups in total. The van der Waals surface area contributed by atoms with Crippen molar-refractivity contribution in [3.8, 4) is 0 Å². The number of rotatable bonds is 4. The Morgan fingerprint density at radius 1 is 1.17 bits per heavy atom. The number of para-hydroxylation sites is 1. The molecule has 1 aromatic carbocycles. The minimum Gasteiger partial charge on any atom is -0.467 e. The van der Waals surface area contributed by atoms with Crippen LogP contribution in [0.15, 0.2) is 56.7 Å². The number of carbonyl (C=O) groups is 1. The molecule has 0 saturated heterocycles. The molecule has 1 amide bonds. The lowest BCUT2D eigenvalue weighted by Gasteiger charge is -2.11. The van der Waals surface area contributed by atoms with E-state index in [-0.39, 0.29) is 24.6 Å². The van der Waals surface area contributed by atoms with Crippen molar-refractivity contribution in [2.24, 2.45) is 7.05 Å². The van der Waals surface area contributed by atoms with Crippen LogP contribution in [-0.4, -0.2) is 15.0 Å². The summed E-state index contributed by atoms with van der Waals surface area (Å²) in [6, 6.07) is 10.2. The molecule has 3 aromatic rings. The highest BCUT2D eigenvalue weighted by molar-refractivity contribution is 5.81. The monoisotopic (exact) mass is 313 g/mol. The average Bonchev–Trinajstić information content (AvgIpc) is 3.08. The molecule has 0 aliphatic carbocycles. The number of furan rings is 1. The molecule has 0 aliphatic heterocycles. The number of hydrogen-bond acceptors (Lipinski definition) is 4. The molecule has 3 rings (SSSR count). The van der Waals surface area contributed by atoms with Crippen LogP contribution in [-0.2, 0) is 24.9 Å². The van der Waals surface area contributed by atoms with Gasteiger partial charge in [-0.2, -0.15) is 0 Å². The molecule has 0 unspecified atom stereocenters. The second-order valence-corrected chi connectivity index (χ2v) is 5.11. The Balaban J connectivity index is 1.92. The first-order valence-electron chi connectivity index (χ1n) is 7.05. The molecular formula is C16H15N3O4. The predicted molar refractivity (Wildman–Crippen MR) is 84.0 cm³/mol. The molecule has 0 fully saturated rings. The molecule has 0 aliphatic rings. The number of fused-ring (bicyclic) bond motifs is 1. The fraction of sp³-hybridized carbons (Fsp3) is 0.188. The molecular weight excluding hydrogens is 298 g/mol. The van der Waals surface area contributed by atoms with Crippen LogP contribution < -0.4 is 16.6 Å². The zero-order chi connectivity index (χ0) is 16.4. The second-order valence-electron chi connectivity index (χ2n) is 5.11. The summed E-state index contributed by atoms with van der Waals surface area (Å²) in [5.41, 5.74) is -0.464. The smallest absolute Gasteiger partial charge is 0.331 e. The lowest BCUT2D eigenvalue weighted by molar-refractivity contribution is -0.121. The fourth-order valence-corrected chi connectivity index (χ4v) is 2.39. The highest BCUT2D eigenvalue weighted by atomic mass is 16.3. The van der Waals surface area contributed by atoms with Gasteiger partial charge in [0, 0.05) is 7.05 Å². The number of aromatic nitrogens is 2. The van der Waals surface area contributed by atoms with Gasteiger partial charge in [-0.05, 0) is 24.3 Å². The van der Waals surface area contributed by atoms with Gasteiger partial charge in [0.15, 0.2) is 0 Å². The van der Waals surface area contributed by atoms with E-state index in [1.807, 2.05) is 0 Å². The Bertz CT molecular complexity index is 967. The predicted octanol–water partition coefficient (Wildman–Crippen LogP) is 0.610. The van der Waals surface area contributed by atoms with Crippen LogP contribution >= 0.6 is 0 Å². The molecule has 0 bridgehead atoms. The topological polar surface area (TPSA) is 86.2 Å². The summed E-state index contributed by atoms with van der Waals surface area (Å²) < 4.78 is 7.42. The summed E-state index contributed by atoms with van der Waals surface area (Å²) in [7, 11) is 1.40. The van der Waals surface area contributed by atoms with Crippen molar-refractivity contribution in [3.63, 3.8) is 0 Å². The Morgan fingerprint density at radius 3 is 2.70 bits per heavy atom. The van der Waals surface area contributed by atoms with Gasteiger partial charge >= 0.3 is 5.69 Å². The minimum absolute atomic E-state index is 0.172. The van der Waals surface area contributed by atoms with Gasteiger partial charge in [0.1, 0.15) is 12.3 Å². The largest absolute Gasteiger partial charge is 0.467 e. The molecule has 7 nitrogen and oxygen atoms in total. The Kier molecular flexibility index (Phi) is 3.84. The number of nitrogens with zero attached hydrogens (tertiary/aromatic N) is 2. The van der Waals surface area contributed by atoms with E-state index in [0.717, 1.165) is 4.57 Å².